The van der Waals surface area contributed by atoms with Crippen molar-refractivity contribution in [2.45, 2.75) is 6.92 Å². The zero-order valence-corrected chi connectivity index (χ0v) is 7.00. The predicted molar refractivity (Wildman–Crippen MR) is 49.4 cm³/mol. The van der Waals surface area contributed by atoms with Gasteiger partial charge in [0.1, 0.15) is 0 Å². The molecule has 0 unspecified atom stereocenters. The quantitative estimate of drug-likeness (QED) is 0.672. The minimum absolute atomic E-state index is 0.634. The lowest BCUT2D eigenvalue weighted by Gasteiger charge is -2.06. The van der Waals surface area contributed by atoms with Crippen LogP contribution in [0.2, 0.25) is 0 Å². The highest BCUT2D eigenvalue weighted by Crippen LogP contribution is 2.13. The highest BCUT2D eigenvalue weighted by atomic mass is 16.1. The fourth-order valence-corrected chi connectivity index (χ4v) is 1.06. The molecule has 1 aromatic carbocycles. The van der Waals surface area contributed by atoms with Crippen molar-refractivity contribution in [2.75, 3.05) is 0 Å². The number of rotatable bonds is 3. The number of carbonyl (C=O) groups is 1. The molecule has 0 aromatic heterocycles. The molecule has 1 aromatic rings. The third-order valence-electron chi connectivity index (χ3n) is 1.70. The van der Waals surface area contributed by atoms with Gasteiger partial charge in [-0.05, 0) is 12.5 Å². The summed E-state index contributed by atoms with van der Waals surface area (Å²) in [6.07, 6.45) is 0.634. The lowest BCUT2D eigenvalue weighted by molar-refractivity contribution is -0.108. The first-order chi connectivity index (χ1) is 5.75. The van der Waals surface area contributed by atoms with Crippen molar-refractivity contribution in [1.29, 1.82) is 0 Å². The van der Waals surface area contributed by atoms with Crippen LogP contribution in [0.4, 0.5) is 0 Å². The molecule has 0 bridgehead atoms. The Bertz CT molecular complexity index is 304. The zero-order chi connectivity index (χ0) is 8.97. The SMILES string of the molecule is C=C(NC=O)c1ccccc1C. The summed E-state index contributed by atoms with van der Waals surface area (Å²) in [5.41, 5.74) is 2.73. The van der Waals surface area contributed by atoms with Gasteiger partial charge in [-0.2, -0.15) is 0 Å². The molecule has 0 radical (unpaired) electrons. The van der Waals surface area contributed by atoms with Crippen LogP contribution in [-0.4, -0.2) is 6.41 Å². The summed E-state index contributed by atoms with van der Waals surface area (Å²) in [6, 6.07) is 7.77. The number of nitrogens with one attached hydrogen (secondary N) is 1. The molecule has 2 heteroatoms. The molecule has 0 atom stereocenters. The molecule has 0 aliphatic heterocycles. The minimum atomic E-state index is 0.634. The molecule has 0 aliphatic carbocycles. The molecule has 62 valence electrons. The number of benzene rings is 1. The van der Waals surface area contributed by atoms with E-state index in [1.807, 2.05) is 31.2 Å². The lowest BCUT2D eigenvalue weighted by atomic mass is 10.1. The monoisotopic (exact) mass is 161 g/mol. The van der Waals surface area contributed by atoms with Gasteiger partial charge in [0.05, 0.1) is 0 Å². The van der Waals surface area contributed by atoms with E-state index in [0.717, 1.165) is 11.1 Å². The van der Waals surface area contributed by atoms with Gasteiger partial charge < -0.3 is 5.32 Å². The Kier molecular flexibility index (Phi) is 2.64. The van der Waals surface area contributed by atoms with Gasteiger partial charge in [0, 0.05) is 11.3 Å². The van der Waals surface area contributed by atoms with Crippen LogP contribution in [0.3, 0.4) is 0 Å². The molecule has 0 saturated heterocycles. The van der Waals surface area contributed by atoms with Crippen LogP contribution < -0.4 is 5.32 Å². The number of amides is 1. The van der Waals surface area contributed by atoms with Crippen molar-refractivity contribution >= 4 is 12.1 Å². The lowest BCUT2D eigenvalue weighted by Crippen LogP contribution is -2.08. The molecule has 2 nitrogen and oxygen atoms in total. The van der Waals surface area contributed by atoms with Crippen LogP contribution in [0.5, 0.6) is 0 Å². The second-order valence-electron chi connectivity index (χ2n) is 2.56. The van der Waals surface area contributed by atoms with Crippen molar-refractivity contribution in [1.82, 2.24) is 5.32 Å². The first-order valence-electron chi connectivity index (χ1n) is 3.71. The van der Waals surface area contributed by atoms with Crippen LogP contribution in [0, 0.1) is 6.92 Å². The maximum Gasteiger partial charge on any atom is 0.211 e. The van der Waals surface area contributed by atoms with Crippen molar-refractivity contribution < 1.29 is 4.79 Å². The second kappa shape index (κ2) is 3.72. The van der Waals surface area contributed by atoms with Crippen LogP contribution in [0.15, 0.2) is 30.8 Å². The summed E-state index contributed by atoms with van der Waals surface area (Å²) >= 11 is 0. The first-order valence-corrected chi connectivity index (χ1v) is 3.71. The Hall–Kier alpha value is -1.57. The Morgan fingerprint density at radius 1 is 1.50 bits per heavy atom. The van der Waals surface area contributed by atoms with Crippen LogP contribution in [-0.2, 0) is 4.79 Å². The largest absolute Gasteiger partial charge is 0.329 e. The van der Waals surface area contributed by atoms with Gasteiger partial charge in [-0.1, -0.05) is 30.8 Å². The molecule has 0 saturated carbocycles. The summed E-state index contributed by atoms with van der Waals surface area (Å²) in [7, 11) is 0. The molecule has 0 fully saturated rings. The average Bonchev–Trinajstić information content (AvgIpc) is 2.05. The number of aryl methyl sites for hydroxylation is 1. The van der Waals surface area contributed by atoms with Crippen LogP contribution >= 0.6 is 0 Å². The van der Waals surface area contributed by atoms with E-state index in [0.29, 0.717) is 12.1 Å². The highest BCUT2D eigenvalue weighted by Gasteiger charge is 1.99. The van der Waals surface area contributed by atoms with E-state index < -0.39 is 0 Å². The van der Waals surface area contributed by atoms with Crippen molar-refractivity contribution in [2.24, 2.45) is 0 Å². The molecular weight excluding hydrogens is 150 g/mol. The maximum absolute atomic E-state index is 10.1. The summed E-state index contributed by atoms with van der Waals surface area (Å²) in [5.74, 6) is 0. The molecule has 1 rings (SSSR count). The van der Waals surface area contributed by atoms with Crippen LogP contribution in [0.25, 0.3) is 5.70 Å². The Morgan fingerprint density at radius 2 is 2.17 bits per heavy atom. The fraction of sp³-hybridized carbons (Fsp3) is 0.100. The van der Waals surface area contributed by atoms with E-state index in [4.69, 9.17) is 0 Å². The molecule has 0 heterocycles. The van der Waals surface area contributed by atoms with Crippen molar-refractivity contribution in [3.8, 4) is 0 Å². The topological polar surface area (TPSA) is 29.1 Å². The van der Waals surface area contributed by atoms with Gasteiger partial charge in [-0.3, -0.25) is 4.79 Å². The summed E-state index contributed by atoms with van der Waals surface area (Å²) < 4.78 is 0. The predicted octanol–water partition coefficient (Wildman–Crippen LogP) is 1.71. The van der Waals surface area contributed by atoms with Crippen molar-refractivity contribution in [3.63, 3.8) is 0 Å². The van der Waals surface area contributed by atoms with E-state index in [9.17, 15) is 4.79 Å². The number of hydrogen-bond donors (Lipinski definition) is 1. The van der Waals surface area contributed by atoms with Gasteiger partial charge in [0.25, 0.3) is 0 Å². The zero-order valence-electron chi connectivity index (χ0n) is 7.00. The Balaban J connectivity index is 2.94. The second-order valence-corrected chi connectivity index (χ2v) is 2.56. The maximum atomic E-state index is 10.1. The van der Waals surface area contributed by atoms with E-state index in [2.05, 4.69) is 11.9 Å². The van der Waals surface area contributed by atoms with E-state index in [1.165, 1.54) is 0 Å². The normalized spacial score (nSPS) is 9.08. The average molecular weight is 161 g/mol. The van der Waals surface area contributed by atoms with Gasteiger partial charge in [0.15, 0.2) is 0 Å². The molecule has 1 amide bonds. The third-order valence-corrected chi connectivity index (χ3v) is 1.70. The van der Waals surface area contributed by atoms with Gasteiger partial charge in [-0.15, -0.1) is 0 Å². The van der Waals surface area contributed by atoms with Gasteiger partial charge in [0.2, 0.25) is 6.41 Å². The number of carbonyl (C=O) groups excluding carboxylic acids is 1. The standard InChI is InChI=1S/C10H11NO/c1-8-5-3-4-6-10(8)9(2)11-7-12/h3-7H,2H2,1H3,(H,11,12). The number of hydrogen-bond acceptors (Lipinski definition) is 1. The smallest absolute Gasteiger partial charge is 0.211 e. The van der Waals surface area contributed by atoms with Crippen LogP contribution in [0.1, 0.15) is 11.1 Å². The summed E-state index contributed by atoms with van der Waals surface area (Å²) in [5, 5.41) is 2.53. The molecule has 1 N–H and O–H groups in total. The minimum Gasteiger partial charge on any atom is -0.329 e. The van der Waals surface area contributed by atoms with Gasteiger partial charge in [-0.25, -0.2) is 0 Å². The Morgan fingerprint density at radius 3 is 2.75 bits per heavy atom. The van der Waals surface area contributed by atoms with E-state index in [-0.39, 0.29) is 0 Å². The summed E-state index contributed by atoms with van der Waals surface area (Å²) in [6.45, 7) is 5.71. The molecule has 0 aliphatic rings. The third kappa shape index (κ3) is 1.72. The van der Waals surface area contributed by atoms with Gasteiger partial charge >= 0.3 is 0 Å². The van der Waals surface area contributed by atoms with E-state index >= 15 is 0 Å². The van der Waals surface area contributed by atoms with E-state index in [1.54, 1.807) is 0 Å². The van der Waals surface area contributed by atoms with Crippen molar-refractivity contribution in [3.05, 3.63) is 42.0 Å². The summed E-state index contributed by atoms with van der Waals surface area (Å²) in [4.78, 5) is 10.1. The molecule has 12 heavy (non-hydrogen) atoms. The molecule has 0 spiro atoms. The highest BCUT2D eigenvalue weighted by molar-refractivity contribution is 5.73. The Labute approximate surface area is 71.9 Å². The fourth-order valence-electron chi connectivity index (χ4n) is 1.06. The molecular formula is C10H11NO. The first kappa shape index (κ1) is 8.53.